The number of carbonyl (C=O) groups is 2. The molecule has 2 aromatic carbocycles. The maximum Gasteiger partial charge on any atom is 0.337 e. The Kier molecular flexibility index (Phi) is 4.72. The SMILES string of the molecule is CCC1(CC)c2cc(C(=O)OC)ccc2Oc2ccc(C(=O)OC)cc21. The smallest absolute Gasteiger partial charge is 0.337 e. The van der Waals surface area contributed by atoms with Crippen molar-refractivity contribution >= 4 is 11.9 Å². The van der Waals surface area contributed by atoms with E-state index in [1.807, 2.05) is 12.1 Å². The molecule has 26 heavy (non-hydrogen) atoms. The lowest BCUT2D eigenvalue weighted by Gasteiger charge is -2.39. The quantitative estimate of drug-likeness (QED) is 0.758. The van der Waals surface area contributed by atoms with Crippen LogP contribution >= 0.6 is 0 Å². The van der Waals surface area contributed by atoms with Crippen LogP contribution in [0.25, 0.3) is 0 Å². The van der Waals surface area contributed by atoms with Crippen LogP contribution in [0.1, 0.15) is 58.5 Å². The van der Waals surface area contributed by atoms with Gasteiger partial charge in [-0.2, -0.15) is 0 Å². The number of fused-ring (bicyclic) bond motifs is 2. The molecular weight excluding hydrogens is 332 g/mol. The Balaban J connectivity index is 2.23. The third kappa shape index (κ3) is 2.64. The molecule has 0 spiro atoms. The molecule has 0 aliphatic carbocycles. The van der Waals surface area contributed by atoms with Crippen molar-refractivity contribution in [3.8, 4) is 11.5 Å². The van der Waals surface area contributed by atoms with Crippen molar-refractivity contribution in [2.75, 3.05) is 14.2 Å². The average molecular weight is 354 g/mol. The summed E-state index contributed by atoms with van der Waals surface area (Å²) in [5.41, 5.74) is 2.46. The van der Waals surface area contributed by atoms with Gasteiger partial charge < -0.3 is 14.2 Å². The fraction of sp³-hybridized carbons (Fsp3) is 0.333. The second-order valence-corrected chi connectivity index (χ2v) is 6.30. The molecule has 0 unspecified atom stereocenters. The molecule has 1 heterocycles. The average Bonchev–Trinajstić information content (AvgIpc) is 2.70. The van der Waals surface area contributed by atoms with Crippen LogP contribution in [0.3, 0.4) is 0 Å². The van der Waals surface area contributed by atoms with Crippen molar-refractivity contribution in [3.63, 3.8) is 0 Å². The van der Waals surface area contributed by atoms with E-state index in [0.717, 1.165) is 35.5 Å². The Bertz CT molecular complexity index is 797. The van der Waals surface area contributed by atoms with Gasteiger partial charge in [0, 0.05) is 16.5 Å². The molecule has 0 fully saturated rings. The molecular formula is C21H22O5. The van der Waals surface area contributed by atoms with E-state index in [-0.39, 0.29) is 17.4 Å². The number of ether oxygens (including phenoxy) is 3. The molecule has 0 atom stereocenters. The summed E-state index contributed by atoms with van der Waals surface area (Å²) in [6.45, 7) is 4.19. The summed E-state index contributed by atoms with van der Waals surface area (Å²) in [4.78, 5) is 24.0. The van der Waals surface area contributed by atoms with E-state index in [0.29, 0.717) is 11.1 Å². The van der Waals surface area contributed by atoms with Crippen LogP contribution in [0.4, 0.5) is 0 Å². The Labute approximate surface area is 152 Å². The summed E-state index contributed by atoms with van der Waals surface area (Å²) in [5.74, 6) is 0.672. The Morgan fingerprint density at radius 3 is 1.62 bits per heavy atom. The number of rotatable bonds is 4. The minimum atomic E-state index is -0.386. The monoisotopic (exact) mass is 354 g/mol. The standard InChI is InChI=1S/C21H22O5/c1-5-21(6-2)15-11-13(19(22)24-3)7-9-17(15)26-18-10-8-14(12-16(18)21)20(23)25-4/h7-12H,5-6H2,1-4H3. The van der Waals surface area contributed by atoms with Crippen LogP contribution < -0.4 is 4.74 Å². The van der Waals surface area contributed by atoms with Gasteiger partial charge in [0.1, 0.15) is 11.5 Å². The lowest BCUT2D eigenvalue weighted by Crippen LogP contribution is -2.31. The fourth-order valence-electron chi connectivity index (χ4n) is 3.75. The Morgan fingerprint density at radius 1 is 0.846 bits per heavy atom. The summed E-state index contributed by atoms with van der Waals surface area (Å²) >= 11 is 0. The summed E-state index contributed by atoms with van der Waals surface area (Å²) in [5, 5.41) is 0. The Morgan fingerprint density at radius 2 is 1.27 bits per heavy atom. The zero-order valence-electron chi connectivity index (χ0n) is 15.4. The van der Waals surface area contributed by atoms with Crippen molar-refractivity contribution in [1.29, 1.82) is 0 Å². The number of hydrogen-bond donors (Lipinski definition) is 0. The number of benzene rings is 2. The molecule has 1 aliphatic heterocycles. The van der Waals surface area contributed by atoms with Gasteiger partial charge in [-0.3, -0.25) is 0 Å². The van der Waals surface area contributed by atoms with Gasteiger partial charge in [-0.1, -0.05) is 13.8 Å². The molecule has 3 rings (SSSR count). The molecule has 0 amide bonds. The van der Waals surface area contributed by atoms with Gasteiger partial charge >= 0.3 is 11.9 Å². The van der Waals surface area contributed by atoms with Crippen LogP contribution in [-0.4, -0.2) is 26.2 Å². The molecule has 0 saturated carbocycles. The zero-order chi connectivity index (χ0) is 18.9. The first-order chi connectivity index (χ1) is 12.5. The lowest BCUT2D eigenvalue weighted by molar-refractivity contribution is 0.0592. The highest BCUT2D eigenvalue weighted by atomic mass is 16.5. The number of esters is 2. The second-order valence-electron chi connectivity index (χ2n) is 6.30. The molecule has 0 N–H and O–H groups in total. The molecule has 136 valence electrons. The van der Waals surface area contributed by atoms with Gasteiger partial charge in [0.2, 0.25) is 0 Å². The molecule has 0 saturated heterocycles. The van der Waals surface area contributed by atoms with Crippen LogP contribution in [0.15, 0.2) is 36.4 Å². The van der Waals surface area contributed by atoms with E-state index in [4.69, 9.17) is 14.2 Å². The molecule has 0 radical (unpaired) electrons. The van der Waals surface area contributed by atoms with Gasteiger partial charge in [-0.15, -0.1) is 0 Å². The van der Waals surface area contributed by atoms with Gasteiger partial charge in [-0.25, -0.2) is 9.59 Å². The van der Waals surface area contributed by atoms with E-state index in [1.54, 1.807) is 24.3 Å². The van der Waals surface area contributed by atoms with E-state index in [1.165, 1.54) is 14.2 Å². The van der Waals surface area contributed by atoms with Crippen LogP contribution in [0.2, 0.25) is 0 Å². The number of hydrogen-bond acceptors (Lipinski definition) is 5. The Hall–Kier alpha value is -2.82. The third-order valence-electron chi connectivity index (χ3n) is 5.26. The highest BCUT2D eigenvalue weighted by Crippen LogP contribution is 2.52. The van der Waals surface area contributed by atoms with Gasteiger partial charge in [-0.05, 0) is 49.2 Å². The second kappa shape index (κ2) is 6.83. The summed E-state index contributed by atoms with van der Waals surface area (Å²) in [7, 11) is 2.73. The maximum absolute atomic E-state index is 12.0. The first kappa shape index (κ1) is 18.0. The molecule has 5 heteroatoms. The normalized spacial score (nSPS) is 13.8. The highest BCUT2D eigenvalue weighted by molar-refractivity contribution is 5.91. The van der Waals surface area contributed by atoms with Crippen molar-refractivity contribution in [1.82, 2.24) is 0 Å². The number of carbonyl (C=O) groups excluding carboxylic acids is 2. The fourth-order valence-corrected chi connectivity index (χ4v) is 3.75. The maximum atomic E-state index is 12.0. The van der Waals surface area contributed by atoms with E-state index >= 15 is 0 Å². The molecule has 0 bridgehead atoms. The predicted octanol–water partition coefficient (Wildman–Crippen LogP) is 4.47. The molecule has 5 nitrogen and oxygen atoms in total. The highest BCUT2D eigenvalue weighted by Gasteiger charge is 2.40. The van der Waals surface area contributed by atoms with E-state index in [9.17, 15) is 9.59 Å². The summed E-state index contributed by atoms with van der Waals surface area (Å²) in [6, 6.07) is 10.7. The summed E-state index contributed by atoms with van der Waals surface area (Å²) < 4.78 is 15.8. The molecule has 1 aliphatic rings. The van der Waals surface area contributed by atoms with Crippen LogP contribution in [-0.2, 0) is 14.9 Å². The minimum Gasteiger partial charge on any atom is -0.465 e. The zero-order valence-corrected chi connectivity index (χ0v) is 15.4. The van der Waals surface area contributed by atoms with Crippen LogP contribution in [0.5, 0.6) is 11.5 Å². The molecule has 2 aromatic rings. The van der Waals surface area contributed by atoms with Crippen molar-refractivity contribution in [2.45, 2.75) is 32.1 Å². The van der Waals surface area contributed by atoms with E-state index < -0.39 is 0 Å². The van der Waals surface area contributed by atoms with Crippen molar-refractivity contribution in [2.24, 2.45) is 0 Å². The van der Waals surface area contributed by atoms with Crippen LogP contribution in [0, 0.1) is 0 Å². The topological polar surface area (TPSA) is 61.8 Å². The predicted molar refractivity (Wildman–Crippen MR) is 97.0 cm³/mol. The van der Waals surface area contributed by atoms with Crippen molar-refractivity contribution in [3.05, 3.63) is 58.7 Å². The lowest BCUT2D eigenvalue weighted by atomic mass is 9.68. The molecule has 0 aromatic heterocycles. The summed E-state index contributed by atoms with van der Waals surface area (Å²) in [6.07, 6.45) is 1.59. The van der Waals surface area contributed by atoms with E-state index in [2.05, 4.69) is 13.8 Å². The third-order valence-corrected chi connectivity index (χ3v) is 5.26. The first-order valence-corrected chi connectivity index (χ1v) is 8.64. The number of methoxy groups -OCH3 is 2. The van der Waals surface area contributed by atoms with Gasteiger partial charge in [0.25, 0.3) is 0 Å². The largest absolute Gasteiger partial charge is 0.465 e. The van der Waals surface area contributed by atoms with Gasteiger partial charge in [0.15, 0.2) is 0 Å². The minimum absolute atomic E-state index is 0.364. The van der Waals surface area contributed by atoms with Crippen molar-refractivity contribution < 1.29 is 23.8 Å². The first-order valence-electron chi connectivity index (χ1n) is 8.64. The van der Waals surface area contributed by atoms with Gasteiger partial charge in [0.05, 0.1) is 25.3 Å².